The van der Waals surface area contributed by atoms with Gasteiger partial charge in [0.05, 0.1) is 17.6 Å². The summed E-state index contributed by atoms with van der Waals surface area (Å²) in [6, 6.07) is 10.7. The van der Waals surface area contributed by atoms with Crippen molar-refractivity contribution in [3.05, 3.63) is 24.3 Å². The van der Waals surface area contributed by atoms with Gasteiger partial charge < -0.3 is 14.7 Å². The molecule has 1 aromatic rings. The molecule has 174 valence electrons. The van der Waals surface area contributed by atoms with Crippen molar-refractivity contribution < 1.29 is 13.2 Å². The maximum absolute atomic E-state index is 12.9. The molecule has 2 unspecified atom stereocenters. The summed E-state index contributed by atoms with van der Waals surface area (Å²) in [5, 5.41) is 8.91. The van der Waals surface area contributed by atoms with Crippen LogP contribution in [0.1, 0.15) is 39.5 Å². The van der Waals surface area contributed by atoms with Gasteiger partial charge in [0.1, 0.15) is 0 Å². The largest absolute Gasteiger partial charge is 0.369 e. The molecule has 2 bridgehead atoms. The Morgan fingerprint density at radius 1 is 1.03 bits per heavy atom. The van der Waals surface area contributed by atoms with Gasteiger partial charge in [-0.2, -0.15) is 5.26 Å². The molecule has 1 aromatic carbocycles. The van der Waals surface area contributed by atoms with E-state index in [1.54, 1.807) is 0 Å². The number of nitriles is 1. The molecule has 3 heterocycles. The molecule has 1 amide bonds. The summed E-state index contributed by atoms with van der Waals surface area (Å²) in [4.78, 5) is 19.5. The maximum atomic E-state index is 12.9. The molecule has 0 aliphatic carbocycles. The second-order valence-electron chi connectivity index (χ2n) is 10.4. The lowest BCUT2D eigenvalue weighted by Gasteiger charge is -2.38. The normalized spacial score (nSPS) is 26.8. The monoisotopic (exact) mass is 458 g/mol. The van der Waals surface area contributed by atoms with E-state index in [9.17, 15) is 13.2 Å². The Bertz CT molecular complexity index is 969. The van der Waals surface area contributed by atoms with Crippen LogP contribution in [-0.4, -0.2) is 69.5 Å². The van der Waals surface area contributed by atoms with Gasteiger partial charge in [-0.25, -0.2) is 8.42 Å². The van der Waals surface area contributed by atoms with Crippen LogP contribution in [0.15, 0.2) is 24.3 Å². The molecule has 0 spiro atoms. The fraction of sp³-hybridized carbons (Fsp3) is 0.667. The predicted octanol–water partition coefficient (Wildman–Crippen LogP) is 2.68. The Balaban J connectivity index is 1.50. The van der Waals surface area contributed by atoms with Crippen LogP contribution in [0.5, 0.6) is 0 Å². The van der Waals surface area contributed by atoms with Crippen LogP contribution in [0, 0.1) is 22.7 Å². The van der Waals surface area contributed by atoms with Gasteiger partial charge >= 0.3 is 0 Å². The highest BCUT2D eigenvalue weighted by Gasteiger charge is 2.41. The van der Waals surface area contributed by atoms with Crippen molar-refractivity contribution in [1.29, 1.82) is 5.26 Å². The molecular weight excluding hydrogens is 424 g/mol. The lowest BCUT2D eigenvalue weighted by atomic mass is 9.78. The molecule has 4 rings (SSSR count). The van der Waals surface area contributed by atoms with Crippen molar-refractivity contribution in [1.82, 2.24) is 4.90 Å². The van der Waals surface area contributed by atoms with Crippen LogP contribution in [0.3, 0.4) is 0 Å². The average molecular weight is 459 g/mol. The summed E-state index contributed by atoms with van der Waals surface area (Å²) in [5.74, 6) is 0.942. The number of hydrogen-bond acceptors (Lipinski definition) is 6. The first-order valence-corrected chi connectivity index (χ1v) is 13.4. The van der Waals surface area contributed by atoms with Crippen molar-refractivity contribution >= 4 is 27.1 Å². The van der Waals surface area contributed by atoms with Crippen LogP contribution in [0.4, 0.5) is 11.4 Å². The van der Waals surface area contributed by atoms with E-state index < -0.39 is 9.84 Å². The maximum Gasteiger partial charge on any atom is 0.223 e. The number of nitrogens with zero attached hydrogens (tertiary/aromatic N) is 4. The van der Waals surface area contributed by atoms with E-state index in [2.05, 4.69) is 58.9 Å². The molecule has 3 aliphatic heterocycles. The van der Waals surface area contributed by atoms with Crippen molar-refractivity contribution in [2.24, 2.45) is 11.3 Å². The third-order valence-electron chi connectivity index (χ3n) is 7.13. The molecule has 2 atom stereocenters. The minimum absolute atomic E-state index is 0.108. The van der Waals surface area contributed by atoms with Crippen molar-refractivity contribution in [2.75, 3.05) is 54.0 Å². The molecule has 0 N–H and O–H groups in total. The number of carbonyl (C=O) groups excluding carboxylic acids is 1. The number of anilines is 2. The Morgan fingerprint density at radius 3 is 2.28 bits per heavy atom. The van der Waals surface area contributed by atoms with Gasteiger partial charge in [-0.3, -0.25) is 4.79 Å². The number of rotatable bonds is 4. The smallest absolute Gasteiger partial charge is 0.223 e. The molecule has 32 heavy (non-hydrogen) atoms. The second-order valence-corrected chi connectivity index (χ2v) is 12.7. The Morgan fingerprint density at radius 2 is 1.66 bits per heavy atom. The predicted molar refractivity (Wildman–Crippen MR) is 126 cm³/mol. The summed E-state index contributed by atoms with van der Waals surface area (Å²) < 4.78 is 23.4. The van der Waals surface area contributed by atoms with E-state index in [-0.39, 0.29) is 35.3 Å². The van der Waals surface area contributed by atoms with E-state index in [0.717, 1.165) is 43.9 Å². The van der Waals surface area contributed by atoms with E-state index in [4.69, 9.17) is 5.26 Å². The van der Waals surface area contributed by atoms with E-state index >= 15 is 0 Å². The number of benzene rings is 1. The molecule has 3 aliphatic rings. The molecule has 0 aromatic heterocycles. The van der Waals surface area contributed by atoms with Gasteiger partial charge in [-0.05, 0) is 48.4 Å². The summed E-state index contributed by atoms with van der Waals surface area (Å²) in [6.45, 7) is 8.20. The third-order valence-corrected chi connectivity index (χ3v) is 8.74. The highest BCUT2D eigenvalue weighted by Crippen LogP contribution is 2.40. The van der Waals surface area contributed by atoms with Crippen molar-refractivity contribution in [3.8, 4) is 6.07 Å². The first kappa shape index (κ1) is 22.9. The topological polar surface area (TPSA) is 84.7 Å². The van der Waals surface area contributed by atoms with Gasteiger partial charge in [0.25, 0.3) is 0 Å². The fourth-order valence-corrected chi connectivity index (χ4v) is 6.90. The summed E-state index contributed by atoms with van der Waals surface area (Å²) in [5.41, 5.74) is 2.41. The zero-order chi connectivity index (χ0) is 22.9. The third kappa shape index (κ3) is 5.20. The van der Waals surface area contributed by atoms with Crippen LogP contribution in [-0.2, 0) is 14.6 Å². The Labute approximate surface area is 191 Å². The van der Waals surface area contributed by atoms with E-state index in [1.807, 2.05) is 0 Å². The first-order chi connectivity index (χ1) is 15.2. The molecule has 8 heteroatoms. The van der Waals surface area contributed by atoms with E-state index in [1.165, 1.54) is 0 Å². The zero-order valence-corrected chi connectivity index (χ0v) is 20.0. The number of hydrogen-bond donors (Lipinski definition) is 0. The van der Waals surface area contributed by atoms with Crippen molar-refractivity contribution in [2.45, 2.75) is 45.6 Å². The molecule has 7 nitrogen and oxygen atoms in total. The SMILES string of the molecule is CC1(C)CC2CN(c3ccc(N4CCS(=O)(=O)CC4)cc3)CC(C1)N(C(=O)CCC#N)C2. The Kier molecular flexibility index (Phi) is 6.39. The number of amides is 1. The van der Waals surface area contributed by atoms with Crippen LogP contribution in [0.2, 0.25) is 0 Å². The highest BCUT2D eigenvalue weighted by molar-refractivity contribution is 7.91. The lowest BCUT2D eigenvalue weighted by molar-refractivity contribution is -0.133. The van der Waals surface area contributed by atoms with Gasteiger partial charge in [0, 0.05) is 63.0 Å². The summed E-state index contributed by atoms with van der Waals surface area (Å²) >= 11 is 0. The van der Waals surface area contributed by atoms with Crippen molar-refractivity contribution in [3.63, 3.8) is 0 Å². The molecule has 3 saturated heterocycles. The molecule has 3 fully saturated rings. The quantitative estimate of drug-likeness (QED) is 0.690. The standard InChI is InChI=1S/C24H34N4O3S/c1-24(2)14-19-16-27(18-22(15-24)28(17-19)23(29)4-3-9-25)21-7-5-20(6-8-21)26-10-12-32(30,31)13-11-26/h5-8,19,22H,3-4,10-18H2,1-2H3. The summed E-state index contributed by atoms with van der Waals surface area (Å²) in [7, 11) is -2.89. The zero-order valence-electron chi connectivity index (χ0n) is 19.2. The van der Waals surface area contributed by atoms with Gasteiger partial charge in [0.2, 0.25) is 5.91 Å². The van der Waals surface area contributed by atoms with Gasteiger partial charge in [0.15, 0.2) is 9.84 Å². The van der Waals surface area contributed by atoms with E-state index in [0.29, 0.717) is 25.4 Å². The van der Waals surface area contributed by atoms with Gasteiger partial charge in [-0.15, -0.1) is 0 Å². The van der Waals surface area contributed by atoms with Crippen LogP contribution < -0.4 is 9.80 Å². The number of fused-ring (bicyclic) bond motifs is 3. The fourth-order valence-electron chi connectivity index (χ4n) is 5.70. The molecule has 0 saturated carbocycles. The van der Waals surface area contributed by atoms with Crippen LogP contribution >= 0.6 is 0 Å². The highest BCUT2D eigenvalue weighted by atomic mass is 32.2. The Hall–Kier alpha value is -2.27. The second kappa shape index (κ2) is 8.93. The number of sulfone groups is 1. The van der Waals surface area contributed by atoms with Crippen LogP contribution in [0.25, 0.3) is 0 Å². The minimum atomic E-state index is -2.89. The number of carbonyl (C=O) groups is 1. The lowest BCUT2D eigenvalue weighted by Crippen LogP contribution is -2.46. The first-order valence-electron chi connectivity index (χ1n) is 11.6. The minimum Gasteiger partial charge on any atom is -0.369 e. The van der Waals surface area contributed by atoms with Gasteiger partial charge in [-0.1, -0.05) is 13.8 Å². The molecule has 0 radical (unpaired) electrons. The molecular formula is C24H34N4O3S. The summed E-state index contributed by atoms with van der Waals surface area (Å²) in [6.07, 6.45) is 2.64. The average Bonchev–Trinajstić information content (AvgIpc) is 2.98.